The van der Waals surface area contributed by atoms with Gasteiger partial charge in [0.15, 0.2) is 0 Å². The molecule has 144 valence electrons. The van der Waals surface area contributed by atoms with Gasteiger partial charge in [-0.15, -0.1) is 11.3 Å². The van der Waals surface area contributed by atoms with Crippen molar-refractivity contribution >= 4 is 40.2 Å². The Kier molecular flexibility index (Phi) is 5.64. The number of aromatic nitrogens is 1. The van der Waals surface area contributed by atoms with Crippen molar-refractivity contribution in [3.63, 3.8) is 0 Å². The molecule has 1 aromatic heterocycles. The Hall–Kier alpha value is -2.37. The van der Waals surface area contributed by atoms with E-state index < -0.39 is 0 Å². The van der Waals surface area contributed by atoms with E-state index in [0.717, 1.165) is 35.0 Å². The molecule has 6 heteroatoms. The SMILES string of the molecule is Cc1cc(NC(=O)Cc2csc(-c3ccccc3Cl)n2)ccc1N1CCCC1. The van der Waals surface area contributed by atoms with Crippen LogP contribution in [0, 0.1) is 6.92 Å². The number of nitrogens with zero attached hydrogens (tertiary/aromatic N) is 2. The third kappa shape index (κ3) is 4.21. The van der Waals surface area contributed by atoms with Crippen LogP contribution in [0.25, 0.3) is 10.6 Å². The van der Waals surface area contributed by atoms with E-state index in [2.05, 4.69) is 28.2 Å². The highest BCUT2D eigenvalue weighted by atomic mass is 35.5. The largest absolute Gasteiger partial charge is 0.371 e. The first-order valence-corrected chi connectivity index (χ1v) is 10.7. The predicted octanol–water partition coefficient (Wildman–Crippen LogP) is 5.55. The zero-order valence-electron chi connectivity index (χ0n) is 15.7. The summed E-state index contributed by atoms with van der Waals surface area (Å²) in [5, 5.41) is 6.41. The Morgan fingerprint density at radius 2 is 2.00 bits per heavy atom. The van der Waals surface area contributed by atoms with E-state index in [1.807, 2.05) is 41.8 Å². The third-order valence-corrected chi connectivity index (χ3v) is 6.18. The minimum absolute atomic E-state index is 0.0654. The summed E-state index contributed by atoms with van der Waals surface area (Å²) in [5.41, 5.74) is 4.93. The first-order valence-electron chi connectivity index (χ1n) is 9.45. The molecule has 0 spiro atoms. The number of hydrogen-bond acceptors (Lipinski definition) is 4. The monoisotopic (exact) mass is 411 g/mol. The van der Waals surface area contributed by atoms with Crippen LogP contribution in [0.15, 0.2) is 47.8 Å². The number of halogens is 1. The zero-order chi connectivity index (χ0) is 19.5. The molecule has 3 aromatic rings. The van der Waals surface area contributed by atoms with Crippen molar-refractivity contribution in [1.29, 1.82) is 0 Å². The van der Waals surface area contributed by atoms with Crippen molar-refractivity contribution < 1.29 is 4.79 Å². The molecule has 2 aromatic carbocycles. The zero-order valence-corrected chi connectivity index (χ0v) is 17.3. The van der Waals surface area contributed by atoms with Gasteiger partial charge in [-0.1, -0.05) is 29.8 Å². The molecule has 1 saturated heterocycles. The molecule has 0 saturated carbocycles. The lowest BCUT2D eigenvalue weighted by atomic mass is 10.1. The number of rotatable bonds is 5. The van der Waals surface area contributed by atoms with Gasteiger partial charge in [-0.2, -0.15) is 0 Å². The second kappa shape index (κ2) is 8.33. The summed E-state index contributed by atoms with van der Waals surface area (Å²) in [7, 11) is 0. The van der Waals surface area contributed by atoms with E-state index in [1.165, 1.54) is 35.4 Å². The van der Waals surface area contributed by atoms with Crippen LogP contribution in [0.3, 0.4) is 0 Å². The lowest BCUT2D eigenvalue weighted by Gasteiger charge is -2.20. The number of carbonyl (C=O) groups excluding carboxylic acids is 1. The molecule has 1 fully saturated rings. The first-order chi connectivity index (χ1) is 13.6. The number of carbonyl (C=O) groups is 1. The third-order valence-electron chi connectivity index (χ3n) is 4.92. The molecular formula is C22H22ClN3OS. The molecule has 0 aliphatic carbocycles. The first kappa shape index (κ1) is 19.0. The molecule has 1 aliphatic rings. The van der Waals surface area contributed by atoms with Gasteiger partial charge in [0, 0.05) is 35.4 Å². The van der Waals surface area contributed by atoms with Crippen LogP contribution in [-0.4, -0.2) is 24.0 Å². The van der Waals surface area contributed by atoms with E-state index in [9.17, 15) is 4.79 Å². The van der Waals surface area contributed by atoms with Gasteiger partial charge >= 0.3 is 0 Å². The highest BCUT2D eigenvalue weighted by Crippen LogP contribution is 2.30. The minimum atomic E-state index is -0.0654. The van der Waals surface area contributed by atoms with E-state index in [0.29, 0.717) is 5.02 Å². The fraction of sp³-hybridized carbons (Fsp3) is 0.273. The molecule has 1 aliphatic heterocycles. The quantitative estimate of drug-likeness (QED) is 0.598. The Labute approximate surface area is 174 Å². The number of thiazole rings is 1. The standard InChI is InChI=1S/C22H22ClN3OS/c1-15-12-16(8-9-20(15)26-10-4-5-11-26)24-21(27)13-17-14-28-22(25-17)18-6-2-3-7-19(18)23/h2-3,6-9,12,14H,4-5,10-11,13H2,1H3,(H,24,27). The van der Waals surface area contributed by atoms with Crippen LogP contribution in [0.5, 0.6) is 0 Å². The summed E-state index contributed by atoms with van der Waals surface area (Å²) in [6.45, 7) is 4.33. The Balaban J connectivity index is 1.41. The van der Waals surface area contributed by atoms with Gasteiger partial charge < -0.3 is 10.2 Å². The van der Waals surface area contributed by atoms with Gasteiger partial charge in [0.05, 0.1) is 17.1 Å². The molecule has 4 rings (SSSR count). The molecule has 4 nitrogen and oxygen atoms in total. The summed E-state index contributed by atoms with van der Waals surface area (Å²) in [5.74, 6) is -0.0654. The summed E-state index contributed by atoms with van der Waals surface area (Å²) in [4.78, 5) is 19.4. The molecule has 0 atom stereocenters. The Morgan fingerprint density at radius 3 is 2.75 bits per heavy atom. The summed E-state index contributed by atoms with van der Waals surface area (Å²) in [6, 6.07) is 13.7. The number of aryl methyl sites for hydroxylation is 1. The van der Waals surface area contributed by atoms with Crippen molar-refractivity contribution in [1.82, 2.24) is 4.98 Å². The number of nitrogens with one attached hydrogen (secondary N) is 1. The Bertz CT molecular complexity index is 995. The van der Waals surface area contributed by atoms with Crippen LogP contribution in [0.2, 0.25) is 5.02 Å². The van der Waals surface area contributed by atoms with Crippen LogP contribution < -0.4 is 10.2 Å². The summed E-state index contributed by atoms with van der Waals surface area (Å²) < 4.78 is 0. The smallest absolute Gasteiger partial charge is 0.230 e. The van der Waals surface area contributed by atoms with E-state index in [4.69, 9.17) is 11.6 Å². The minimum Gasteiger partial charge on any atom is -0.371 e. The second-order valence-electron chi connectivity index (χ2n) is 7.04. The molecule has 0 unspecified atom stereocenters. The topological polar surface area (TPSA) is 45.2 Å². The summed E-state index contributed by atoms with van der Waals surface area (Å²) in [6.07, 6.45) is 2.75. The number of hydrogen-bond donors (Lipinski definition) is 1. The maximum Gasteiger partial charge on any atom is 0.230 e. The van der Waals surface area contributed by atoms with Gasteiger partial charge in [0.25, 0.3) is 0 Å². The molecule has 28 heavy (non-hydrogen) atoms. The molecule has 1 N–H and O–H groups in total. The molecule has 0 radical (unpaired) electrons. The highest BCUT2D eigenvalue weighted by molar-refractivity contribution is 7.13. The number of anilines is 2. The number of benzene rings is 2. The fourth-order valence-corrected chi connectivity index (χ4v) is 4.70. The van der Waals surface area contributed by atoms with Crippen LogP contribution >= 0.6 is 22.9 Å². The maximum atomic E-state index is 12.5. The van der Waals surface area contributed by atoms with Crippen molar-refractivity contribution in [2.24, 2.45) is 0 Å². The van der Waals surface area contributed by atoms with Gasteiger partial charge in [-0.05, 0) is 49.6 Å². The predicted molar refractivity (Wildman–Crippen MR) is 118 cm³/mol. The highest BCUT2D eigenvalue weighted by Gasteiger charge is 2.15. The van der Waals surface area contributed by atoms with Crippen molar-refractivity contribution in [2.75, 3.05) is 23.3 Å². The number of amides is 1. The lowest BCUT2D eigenvalue weighted by molar-refractivity contribution is -0.115. The van der Waals surface area contributed by atoms with E-state index in [-0.39, 0.29) is 12.3 Å². The van der Waals surface area contributed by atoms with Crippen molar-refractivity contribution in [2.45, 2.75) is 26.2 Å². The van der Waals surface area contributed by atoms with Crippen LogP contribution in [0.1, 0.15) is 24.1 Å². The maximum absolute atomic E-state index is 12.5. The Morgan fingerprint density at radius 1 is 1.21 bits per heavy atom. The van der Waals surface area contributed by atoms with Gasteiger partial charge in [0.1, 0.15) is 5.01 Å². The lowest BCUT2D eigenvalue weighted by Crippen LogP contribution is -2.19. The van der Waals surface area contributed by atoms with Gasteiger partial charge in [-0.25, -0.2) is 4.98 Å². The normalized spacial score (nSPS) is 13.7. The average molecular weight is 412 g/mol. The van der Waals surface area contributed by atoms with Gasteiger partial charge in [-0.3, -0.25) is 4.79 Å². The molecule has 0 bridgehead atoms. The second-order valence-corrected chi connectivity index (χ2v) is 8.31. The van der Waals surface area contributed by atoms with Crippen molar-refractivity contribution in [3.8, 4) is 10.6 Å². The van der Waals surface area contributed by atoms with Gasteiger partial charge in [0.2, 0.25) is 5.91 Å². The van der Waals surface area contributed by atoms with Crippen LogP contribution in [0.4, 0.5) is 11.4 Å². The van der Waals surface area contributed by atoms with E-state index >= 15 is 0 Å². The molecule has 1 amide bonds. The average Bonchev–Trinajstić information content (AvgIpc) is 3.34. The molecule has 2 heterocycles. The summed E-state index contributed by atoms with van der Waals surface area (Å²) >= 11 is 7.74. The molecular weight excluding hydrogens is 390 g/mol. The van der Waals surface area contributed by atoms with E-state index in [1.54, 1.807) is 0 Å². The van der Waals surface area contributed by atoms with Crippen LogP contribution in [-0.2, 0) is 11.2 Å². The van der Waals surface area contributed by atoms with Crippen molar-refractivity contribution in [3.05, 3.63) is 64.1 Å². The fourth-order valence-electron chi connectivity index (χ4n) is 3.56.